The van der Waals surface area contributed by atoms with Crippen LogP contribution in [0, 0.1) is 18.3 Å². The molecule has 0 aromatic carbocycles. The number of hydrogen-bond acceptors (Lipinski definition) is 5. The van der Waals surface area contributed by atoms with E-state index in [4.69, 9.17) is 0 Å². The number of piperidine rings is 1. The highest BCUT2D eigenvalue weighted by Gasteiger charge is 2.37. The van der Waals surface area contributed by atoms with Crippen LogP contribution in [0.5, 0.6) is 0 Å². The van der Waals surface area contributed by atoms with Crippen molar-refractivity contribution in [1.82, 2.24) is 14.7 Å². The number of amides is 1. The molecule has 0 aliphatic carbocycles. The van der Waals surface area contributed by atoms with Gasteiger partial charge in [0.1, 0.15) is 5.82 Å². The first-order valence-corrected chi connectivity index (χ1v) is 7.10. The van der Waals surface area contributed by atoms with Crippen molar-refractivity contribution in [1.29, 1.82) is 0 Å². The minimum atomic E-state index is -0.382. The maximum atomic E-state index is 12.3. The molecule has 0 bridgehead atoms. The molecule has 2 heterocycles. The molecule has 0 radical (unpaired) electrons. The Balaban J connectivity index is 2.02. The van der Waals surface area contributed by atoms with Gasteiger partial charge in [-0.1, -0.05) is 13.8 Å². The summed E-state index contributed by atoms with van der Waals surface area (Å²) in [5.74, 6) is 1.11. The average Bonchev–Trinajstić information content (AvgIpc) is 2.76. The predicted octanol–water partition coefficient (Wildman–Crippen LogP) is 1.81. The zero-order valence-electron chi connectivity index (χ0n) is 11.1. The van der Waals surface area contributed by atoms with Crippen molar-refractivity contribution in [3.05, 3.63) is 5.82 Å². The quantitative estimate of drug-likeness (QED) is 0.877. The van der Waals surface area contributed by atoms with Crippen molar-refractivity contribution in [3.63, 3.8) is 0 Å². The summed E-state index contributed by atoms with van der Waals surface area (Å²) in [5.41, 5.74) is -0.382. The molecule has 5 nitrogen and oxygen atoms in total. The Bertz CT molecular complexity index is 423. The van der Waals surface area contributed by atoms with Gasteiger partial charge in [-0.25, -0.2) is 4.98 Å². The van der Waals surface area contributed by atoms with Crippen LogP contribution in [0.4, 0.5) is 5.13 Å². The van der Waals surface area contributed by atoms with Gasteiger partial charge in [-0.05, 0) is 38.8 Å². The SMILES string of the molecule is Cc1nsc(NC(=O)C(C)(C)C2CCCNC2)n1. The fraction of sp³-hybridized carbons (Fsp3) is 0.750. The topological polar surface area (TPSA) is 66.9 Å². The van der Waals surface area contributed by atoms with Gasteiger partial charge in [0.15, 0.2) is 0 Å². The van der Waals surface area contributed by atoms with E-state index in [2.05, 4.69) is 20.0 Å². The van der Waals surface area contributed by atoms with Gasteiger partial charge >= 0.3 is 0 Å². The zero-order chi connectivity index (χ0) is 13.2. The summed E-state index contributed by atoms with van der Waals surface area (Å²) in [6.45, 7) is 7.81. The molecule has 1 unspecified atom stereocenters. The second-order valence-electron chi connectivity index (χ2n) is 5.37. The number of nitrogens with zero attached hydrogens (tertiary/aromatic N) is 2. The minimum absolute atomic E-state index is 0.0346. The van der Waals surface area contributed by atoms with Crippen LogP contribution in [0.2, 0.25) is 0 Å². The van der Waals surface area contributed by atoms with Gasteiger partial charge in [0.2, 0.25) is 11.0 Å². The molecule has 0 saturated carbocycles. The molecule has 1 aliphatic heterocycles. The van der Waals surface area contributed by atoms with Crippen LogP contribution >= 0.6 is 11.5 Å². The largest absolute Gasteiger partial charge is 0.316 e. The summed E-state index contributed by atoms with van der Waals surface area (Å²) in [7, 11) is 0. The van der Waals surface area contributed by atoms with Crippen molar-refractivity contribution in [3.8, 4) is 0 Å². The molecule has 1 aromatic heterocycles. The van der Waals surface area contributed by atoms with Gasteiger partial charge in [-0.2, -0.15) is 4.37 Å². The number of anilines is 1. The van der Waals surface area contributed by atoms with Crippen molar-refractivity contribution in [2.75, 3.05) is 18.4 Å². The summed E-state index contributed by atoms with van der Waals surface area (Å²) in [4.78, 5) is 16.5. The van der Waals surface area contributed by atoms with Crippen LogP contribution in [-0.4, -0.2) is 28.4 Å². The molecule has 1 aromatic rings. The van der Waals surface area contributed by atoms with Crippen LogP contribution in [0.3, 0.4) is 0 Å². The molecule has 2 rings (SSSR count). The smallest absolute Gasteiger partial charge is 0.232 e. The van der Waals surface area contributed by atoms with E-state index < -0.39 is 0 Å². The Morgan fingerprint density at radius 1 is 1.56 bits per heavy atom. The summed E-state index contributed by atoms with van der Waals surface area (Å²) >= 11 is 1.23. The molecule has 18 heavy (non-hydrogen) atoms. The molecule has 1 amide bonds. The third kappa shape index (κ3) is 2.87. The van der Waals surface area contributed by atoms with Crippen LogP contribution in [0.1, 0.15) is 32.5 Å². The summed E-state index contributed by atoms with van der Waals surface area (Å²) in [6, 6.07) is 0. The Kier molecular flexibility index (Phi) is 3.97. The van der Waals surface area contributed by atoms with Gasteiger partial charge in [-0.15, -0.1) is 0 Å². The van der Waals surface area contributed by atoms with Gasteiger partial charge in [-0.3, -0.25) is 4.79 Å². The predicted molar refractivity (Wildman–Crippen MR) is 72.7 cm³/mol. The van der Waals surface area contributed by atoms with E-state index in [1.54, 1.807) is 0 Å². The Morgan fingerprint density at radius 3 is 2.89 bits per heavy atom. The number of nitrogens with one attached hydrogen (secondary N) is 2. The Hall–Kier alpha value is -1.01. The normalized spacial score (nSPS) is 20.7. The van der Waals surface area contributed by atoms with Crippen LogP contribution in [-0.2, 0) is 4.79 Å². The number of hydrogen-bond donors (Lipinski definition) is 2. The van der Waals surface area contributed by atoms with Crippen molar-refractivity contribution in [2.45, 2.75) is 33.6 Å². The van der Waals surface area contributed by atoms with Gasteiger partial charge < -0.3 is 10.6 Å². The Labute approximate surface area is 112 Å². The maximum Gasteiger partial charge on any atom is 0.232 e. The minimum Gasteiger partial charge on any atom is -0.316 e. The lowest BCUT2D eigenvalue weighted by Gasteiger charge is -2.35. The van der Waals surface area contributed by atoms with Gasteiger partial charge in [0, 0.05) is 16.9 Å². The fourth-order valence-electron chi connectivity index (χ4n) is 2.26. The van der Waals surface area contributed by atoms with Crippen LogP contribution < -0.4 is 10.6 Å². The standard InChI is InChI=1S/C12H20N4OS/c1-8-14-11(18-16-8)15-10(17)12(2,3)9-5-4-6-13-7-9/h9,13H,4-7H2,1-3H3,(H,14,15,16,17). The van der Waals surface area contributed by atoms with E-state index >= 15 is 0 Å². The molecule has 1 atom stereocenters. The Morgan fingerprint density at radius 2 is 2.33 bits per heavy atom. The van der Waals surface area contributed by atoms with Crippen molar-refractivity contribution >= 4 is 22.6 Å². The molecule has 100 valence electrons. The molecule has 1 aliphatic rings. The first-order valence-electron chi connectivity index (χ1n) is 6.32. The number of carbonyl (C=O) groups is 1. The van der Waals surface area contributed by atoms with Crippen molar-refractivity contribution in [2.24, 2.45) is 11.3 Å². The first kappa shape index (κ1) is 13.4. The molecule has 0 spiro atoms. The number of aryl methyl sites for hydroxylation is 1. The lowest BCUT2D eigenvalue weighted by Crippen LogP contribution is -2.44. The summed E-state index contributed by atoms with van der Waals surface area (Å²) in [5, 5.41) is 6.83. The lowest BCUT2D eigenvalue weighted by atomic mass is 9.74. The van der Waals surface area contributed by atoms with Crippen LogP contribution in [0.25, 0.3) is 0 Å². The number of rotatable bonds is 3. The number of carbonyl (C=O) groups excluding carboxylic acids is 1. The third-order valence-electron chi connectivity index (χ3n) is 3.65. The third-order valence-corrected chi connectivity index (χ3v) is 4.37. The summed E-state index contributed by atoms with van der Waals surface area (Å²) < 4.78 is 4.07. The second-order valence-corrected chi connectivity index (χ2v) is 6.12. The highest BCUT2D eigenvalue weighted by atomic mass is 32.1. The van der Waals surface area contributed by atoms with Crippen molar-refractivity contribution < 1.29 is 4.79 Å². The second kappa shape index (κ2) is 5.32. The van der Waals surface area contributed by atoms with E-state index in [9.17, 15) is 4.79 Å². The van der Waals surface area contributed by atoms with E-state index in [-0.39, 0.29) is 11.3 Å². The molecular formula is C12H20N4OS. The molecular weight excluding hydrogens is 248 g/mol. The molecule has 6 heteroatoms. The van der Waals surface area contributed by atoms with Crippen LogP contribution in [0.15, 0.2) is 0 Å². The van der Waals surface area contributed by atoms with E-state index in [1.165, 1.54) is 11.5 Å². The highest BCUT2D eigenvalue weighted by molar-refractivity contribution is 7.09. The monoisotopic (exact) mass is 268 g/mol. The molecule has 1 saturated heterocycles. The molecule has 1 fully saturated rings. The van der Waals surface area contributed by atoms with Gasteiger partial charge in [0.25, 0.3) is 0 Å². The number of aromatic nitrogens is 2. The fourth-order valence-corrected chi connectivity index (χ4v) is 2.83. The van der Waals surface area contributed by atoms with E-state index in [0.29, 0.717) is 16.9 Å². The molecule has 2 N–H and O–H groups in total. The summed E-state index contributed by atoms with van der Waals surface area (Å²) in [6.07, 6.45) is 2.24. The lowest BCUT2D eigenvalue weighted by molar-refractivity contribution is -0.127. The average molecular weight is 268 g/mol. The van der Waals surface area contributed by atoms with Gasteiger partial charge in [0.05, 0.1) is 0 Å². The zero-order valence-corrected chi connectivity index (χ0v) is 11.9. The maximum absolute atomic E-state index is 12.3. The van der Waals surface area contributed by atoms with E-state index in [1.807, 2.05) is 20.8 Å². The highest BCUT2D eigenvalue weighted by Crippen LogP contribution is 2.33. The van der Waals surface area contributed by atoms with E-state index in [0.717, 1.165) is 25.9 Å². The first-order chi connectivity index (χ1) is 8.50.